The molecule has 0 spiro atoms. The number of halogens is 4. The van der Waals surface area contributed by atoms with Crippen molar-refractivity contribution in [1.29, 1.82) is 0 Å². The maximum atomic E-state index is 9.43. The highest BCUT2D eigenvalue weighted by molar-refractivity contribution is 6.42. The highest BCUT2D eigenvalue weighted by atomic mass is 35.5. The molecular weight excluding hydrogens is 414 g/mol. The zero-order valence-corrected chi connectivity index (χ0v) is 15.6. The predicted octanol–water partition coefficient (Wildman–Crippen LogP) is 4.70. The summed E-state index contributed by atoms with van der Waals surface area (Å²) in [7, 11) is 0. The summed E-state index contributed by atoms with van der Waals surface area (Å²) < 4.78 is 0. The van der Waals surface area contributed by atoms with Crippen LogP contribution in [0.1, 0.15) is 6.42 Å². The van der Waals surface area contributed by atoms with Crippen molar-refractivity contribution < 1.29 is 19.8 Å². The molecule has 0 aliphatic carbocycles. The van der Waals surface area contributed by atoms with Gasteiger partial charge in [0, 0.05) is 11.4 Å². The number of hydrogen-bond donors (Lipinski definition) is 4. The fourth-order valence-corrected chi connectivity index (χ4v) is 1.77. The van der Waals surface area contributed by atoms with E-state index < -0.39 is 18.4 Å². The summed E-state index contributed by atoms with van der Waals surface area (Å²) in [5, 5.41) is 17.5. The van der Waals surface area contributed by atoms with E-state index in [0.29, 0.717) is 31.5 Å². The molecule has 0 radical (unpaired) electrons. The van der Waals surface area contributed by atoms with Crippen molar-refractivity contribution in [1.82, 2.24) is 0 Å². The molecule has 0 bridgehead atoms. The van der Waals surface area contributed by atoms with Gasteiger partial charge in [-0.25, -0.2) is 0 Å². The molecule has 0 unspecified atom stereocenters. The lowest BCUT2D eigenvalue weighted by Gasteiger charge is -1.94. The molecule has 6 N–H and O–H groups in total. The summed E-state index contributed by atoms with van der Waals surface area (Å²) in [4.78, 5) is 18.9. The molecule has 0 fully saturated rings. The second-order valence-corrected chi connectivity index (χ2v) is 5.94. The third-order valence-electron chi connectivity index (χ3n) is 2.19. The van der Waals surface area contributed by atoms with E-state index in [1.165, 1.54) is 0 Å². The Morgan fingerprint density at radius 2 is 1.04 bits per heavy atom. The van der Waals surface area contributed by atoms with Crippen LogP contribution in [-0.4, -0.2) is 22.2 Å². The van der Waals surface area contributed by atoms with Crippen LogP contribution < -0.4 is 11.5 Å². The van der Waals surface area contributed by atoms with E-state index in [0.717, 1.165) is 0 Å². The normalized spacial score (nSPS) is 9.12. The van der Waals surface area contributed by atoms with Crippen molar-refractivity contribution in [2.45, 2.75) is 6.42 Å². The summed E-state index contributed by atoms with van der Waals surface area (Å²) in [6.07, 6.45) is -0.806. The number of carboxylic acid groups (broad SMARTS) is 2. The molecule has 2 aromatic rings. The van der Waals surface area contributed by atoms with E-state index in [2.05, 4.69) is 0 Å². The van der Waals surface area contributed by atoms with Crippen molar-refractivity contribution >= 4 is 69.7 Å². The van der Waals surface area contributed by atoms with E-state index >= 15 is 0 Å². The lowest BCUT2D eigenvalue weighted by atomic mass is 10.3. The molecule has 0 atom stereocenters. The molecule has 2 aromatic carbocycles. The van der Waals surface area contributed by atoms with Crippen molar-refractivity contribution in [3.05, 3.63) is 56.5 Å². The van der Waals surface area contributed by atoms with Gasteiger partial charge in [0.2, 0.25) is 0 Å². The third-order valence-corrected chi connectivity index (χ3v) is 3.67. The number of benzene rings is 2. The van der Waals surface area contributed by atoms with Crippen LogP contribution in [0.25, 0.3) is 0 Å². The number of aliphatic carboxylic acids is 2. The molecule has 136 valence electrons. The standard InChI is InChI=1S/2C6H5Cl2N.C3H4O4/c2*7-5-2-1-4(9)3-6(5)8;4-2(5)1-3(6)7/h2*1-3H,9H2;1H2,(H,4,5)(H,6,7). The minimum Gasteiger partial charge on any atom is -0.481 e. The summed E-state index contributed by atoms with van der Waals surface area (Å²) in [6.45, 7) is 0. The fourth-order valence-electron chi connectivity index (χ4n) is 1.15. The predicted molar refractivity (Wildman–Crippen MR) is 102 cm³/mol. The summed E-state index contributed by atoms with van der Waals surface area (Å²) in [5.74, 6) is -2.62. The van der Waals surface area contributed by atoms with Gasteiger partial charge in [0.25, 0.3) is 0 Å². The molecule has 6 nitrogen and oxygen atoms in total. The number of anilines is 2. The van der Waals surface area contributed by atoms with E-state index in [4.69, 9.17) is 68.1 Å². The first kappa shape index (κ1) is 23.1. The Balaban J connectivity index is 0.000000350. The Morgan fingerprint density at radius 1 is 0.720 bits per heavy atom. The number of hydrogen-bond acceptors (Lipinski definition) is 4. The first-order valence-corrected chi connectivity index (χ1v) is 7.88. The van der Waals surface area contributed by atoms with Crippen LogP contribution in [0.5, 0.6) is 0 Å². The van der Waals surface area contributed by atoms with E-state index in [1.54, 1.807) is 36.4 Å². The van der Waals surface area contributed by atoms with Crippen molar-refractivity contribution in [3.8, 4) is 0 Å². The zero-order valence-electron chi connectivity index (χ0n) is 12.5. The molecule has 0 saturated heterocycles. The van der Waals surface area contributed by atoms with Gasteiger partial charge in [-0.3, -0.25) is 9.59 Å². The van der Waals surface area contributed by atoms with Gasteiger partial charge in [-0.05, 0) is 36.4 Å². The lowest BCUT2D eigenvalue weighted by Crippen LogP contribution is -2.03. The minimum absolute atomic E-state index is 0.497. The first-order chi connectivity index (χ1) is 11.5. The quantitative estimate of drug-likeness (QED) is 0.406. The summed E-state index contributed by atoms with van der Waals surface area (Å²) in [6, 6.07) is 9.97. The Labute approximate surface area is 163 Å². The Bertz CT molecular complexity index is 680. The maximum Gasteiger partial charge on any atom is 0.314 e. The van der Waals surface area contributed by atoms with E-state index in [-0.39, 0.29) is 0 Å². The molecule has 0 aliphatic rings. The number of carbonyl (C=O) groups is 2. The Hall–Kier alpha value is -1.86. The maximum absolute atomic E-state index is 9.43. The average Bonchev–Trinajstić information content (AvgIpc) is 2.47. The van der Waals surface area contributed by atoms with Crippen molar-refractivity contribution in [2.75, 3.05) is 11.5 Å². The average molecular weight is 428 g/mol. The van der Waals surface area contributed by atoms with Gasteiger partial charge in [-0.2, -0.15) is 0 Å². The number of rotatable bonds is 2. The molecule has 0 aliphatic heterocycles. The monoisotopic (exact) mass is 426 g/mol. The van der Waals surface area contributed by atoms with Gasteiger partial charge in [0.05, 0.1) is 20.1 Å². The molecular formula is C15H14Cl4N2O4. The molecule has 0 heterocycles. The summed E-state index contributed by atoms with van der Waals surface area (Å²) >= 11 is 22.4. The van der Waals surface area contributed by atoms with Gasteiger partial charge in [-0.15, -0.1) is 0 Å². The van der Waals surface area contributed by atoms with Crippen LogP contribution in [0.4, 0.5) is 11.4 Å². The van der Waals surface area contributed by atoms with Gasteiger partial charge in [0.15, 0.2) is 0 Å². The van der Waals surface area contributed by atoms with Gasteiger partial charge < -0.3 is 21.7 Å². The SMILES string of the molecule is Nc1ccc(Cl)c(Cl)c1.Nc1ccc(Cl)c(Cl)c1.O=C(O)CC(=O)O. The molecule has 0 amide bonds. The first-order valence-electron chi connectivity index (χ1n) is 6.37. The van der Waals surface area contributed by atoms with Crippen LogP contribution in [0.3, 0.4) is 0 Å². The molecule has 25 heavy (non-hydrogen) atoms. The molecule has 0 saturated carbocycles. The minimum atomic E-state index is -1.31. The zero-order chi connectivity index (χ0) is 19.6. The van der Waals surface area contributed by atoms with Crippen LogP contribution in [0.2, 0.25) is 20.1 Å². The lowest BCUT2D eigenvalue weighted by molar-refractivity contribution is -0.147. The van der Waals surface area contributed by atoms with Crippen molar-refractivity contribution in [3.63, 3.8) is 0 Å². The molecule has 0 aromatic heterocycles. The van der Waals surface area contributed by atoms with E-state index in [1.807, 2.05) is 0 Å². The second kappa shape index (κ2) is 11.7. The number of nitrogens with two attached hydrogens (primary N) is 2. The topological polar surface area (TPSA) is 127 Å². The van der Waals surface area contributed by atoms with Gasteiger partial charge in [0.1, 0.15) is 6.42 Å². The molecule has 10 heteroatoms. The van der Waals surface area contributed by atoms with Gasteiger partial charge in [-0.1, -0.05) is 46.4 Å². The van der Waals surface area contributed by atoms with E-state index in [9.17, 15) is 9.59 Å². The number of carboxylic acids is 2. The Kier molecular flexibility index (Phi) is 10.8. The van der Waals surface area contributed by atoms with Crippen LogP contribution in [0.15, 0.2) is 36.4 Å². The summed E-state index contributed by atoms with van der Waals surface area (Å²) in [5.41, 5.74) is 12.0. The molecule has 2 rings (SSSR count). The largest absolute Gasteiger partial charge is 0.481 e. The van der Waals surface area contributed by atoms with Crippen LogP contribution in [-0.2, 0) is 9.59 Å². The Morgan fingerprint density at radius 3 is 1.20 bits per heavy atom. The third kappa shape index (κ3) is 11.3. The fraction of sp³-hybridized carbons (Fsp3) is 0.0667. The highest BCUT2D eigenvalue weighted by Crippen LogP contribution is 2.23. The second-order valence-electron chi connectivity index (χ2n) is 4.31. The number of nitrogen functional groups attached to an aromatic ring is 2. The van der Waals surface area contributed by atoms with Gasteiger partial charge >= 0.3 is 11.9 Å². The van der Waals surface area contributed by atoms with Crippen molar-refractivity contribution in [2.24, 2.45) is 0 Å². The smallest absolute Gasteiger partial charge is 0.314 e. The van der Waals surface area contributed by atoms with Crippen LogP contribution in [0, 0.1) is 0 Å². The van der Waals surface area contributed by atoms with Crippen LogP contribution >= 0.6 is 46.4 Å². The highest BCUT2D eigenvalue weighted by Gasteiger charge is 2.01.